The number of fused-ring (bicyclic) bond motifs is 3. The second kappa shape index (κ2) is 7.46. The molecule has 1 N–H and O–H groups in total. The van der Waals surface area contributed by atoms with E-state index < -0.39 is 5.97 Å². The number of amides is 1. The van der Waals surface area contributed by atoms with Gasteiger partial charge in [-0.3, -0.25) is 14.4 Å². The summed E-state index contributed by atoms with van der Waals surface area (Å²) in [6.07, 6.45) is 0. The Bertz CT molecular complexity index is 1330. The molecule has 0 saturated carbocycles. The molecule has 0 saturated heterocycles. The number of carbonyl (C=O) groups excluding carboxylic acids is 4. The van der Waals surface area contributed by atoms with Crippen LogP contribution in [-0.4, -0.2) is 36.5 Å². The molecule has 1 heterocycles. The van der Waals surface area contributed by atoms with Crippen LogP contribution in [-0.2, 0) is 9.59 Å². The summed E-state index contributed by atoms with van der Waals surface area (Å²) in [4.78, 5) is 51.9. The monoisotopic (exact) mass is 426 g/mol. The lowest BCUT2D eigenvalue weighted by Gasteiger charge is -2.29. The molecule has 0 bridgehead atoms. The summed E-state index contributed by atoms with van der Waals surface area (Å²) >= 11 is 0. The number of hydrogen-bond donors (Lipinski definition) is 1. The van der Waals surface area contributed by atoms with Crippen LogP contribution in [0.5, 0.6) is 5.75 Å². The van der Waals surface area contributed by atoms with E-state index in [-0.39, 0.29) is 36.1 Å². The minimum Gasteiger partial charge on any atom is -0.423 e. The quantitative estimate of drug-likeness (QED) is 0.400. The fourth-order valence-corrected chi connectivity index (χ4v) is 4.05. The van der Waals surface area contributed by atoms with Gasteiger partial charge in [-0.15, -0.1) is 0 Å². The van der Waals surface area contributed by atoms with Gasteiger partial charge in [0.1, 0.15) is 6.54 Å². The van der Waals surface area contributed by atoms with Crippen LogP contribution < -0.4 is 15.0 Å². The molecule has 1 aliphatic heterocycles. The van der Waals surface area contributed by atoms with Gasteiger partial charge in [0.25, 0.3) is 0 Å². The van der Waals surface area contributed by atoms with Crippen molar-refractivity contribution in [1.29, 1.82) is 0 Å². The topological polar surface area (TPSA) is 92.8 Å². The molecule has 0 atom stereocenters. The van der Waals surface area contributed by atoms with Crippen molar-refractivity contribution in [3.05, 3.63) is 88.5 Å². The lowest BCUT2D eigenvalue weighted by molar-refractivity contribution is -0.133. The molecule has 0 spiro atoms. The number of carbonyl (C=O) groups is 4. The standard InChI is InChI=1S/C25H18N2O5/c1-14-6-9-20-21(10-14)32-23(29)13-27(20)12-22(28)26-15-7-8-18-19(11-15)25(31)17-5-3-2-4-16(17)24(18)30/h2-11H,12-13H2,1H3,(H,26,28). The highest BCUT2D eigenvalue weighted by Crippen LogP contribution is 2.33. The van der Waals surface area contributed by atoms with E-state index >= 15 is 0 Å². The van der Waals surface area contributed by atoms with Gasteiger partial charge >= 0.3 is 5.97 Å². The van der Waals surface area contributed by atoms with Crippen LogP contribution in [0.25, 0.3) is 0 Å². The average molecular weight is 426 g/mol. The van der Waals surface area contributed by atoms with Crippen molar-refractivity contribution in [2.24, 2.45) is 0 Å². The van der Waals surface area contributed by atoms with Crippen LogP contribution >= 0.6 is 0 Å². The Kier molecular flexibility index (Phi) is 4.59. The second-order valence-corrected chi connectivity index (χ2v) is 7.81. The van der Waals surface area contributed by atoms with E-state index in [4.69, 9.17) is 4.74 Å². The maximum absolute atomic E-state index is 12.9. The Morgan fingerprint density at radius 3 is 2.34 bits per heavy atom. The predicted molar refractivity (Wildman–Crippen MR) is 117 cm³/mol. The van der Waals surface area contributed by atoms with Crippen LogP contribution in [0.1, 0.15) is 37.4 Å². The lowest BCUT2D eigenvalue weighted by atomic mass is 9.84. The second-order valence-electron chi connectivity index (χ2n) is 7.81. The summed E-state index contributed by atoms with van der Waals surface area (Å²) in [5, 5.41) is 2.76. The number of rotatable bonds is 3. The van der Waals surface area contributed by atoms with Crippen molar-refractivity contribution < 1.29 is 23.9 Å². The van der Waals surface area contributed by atoms with Gasteiger partial charge in [0.15, 0.2) is 17.3 Å². The first-order chi connectivity index (χ1) is 15.4. The van der Waals surface area contributed by atoms with Gasteiger partial charge in [-0.2, -0.15) is 0 Å². The van der Waals surface area contributed by atoms with Crippen molar-refractivity contribution in [1.82, 2.24) is 0 Å². The molecule has 5 rings (SSSR count). The van der Waals surface area contributed by atoms with Crippen LogP contribution in [0.3, 0.4) is 0 Å². The Balaban J connectivity index is 1.37. The minimum atomic E-state index is -0.438. The maximum Gasteiger partial charge on any atom is 0.331 e. The molecule has 158 valence electrons. The zero-order chi connectivity index (χ0) is 22.4. The van der Waals surface area contributed by atoms with Crippen molar-refractivity contribution >= 4 is 34.8 Å². The van der Waals surface area contributed by atoms with E-state index in [1.54, 1.807) is 47.4 Å². The summed E-state index contributed by atoms with van der Waals surface area (Å²) in [7, 11) is 0. The number of benzene rings is 3. The molecule has 0 unspecified atom stereocenters. The summed E-state index contributed by atoms with van der Waals surface area (Å²) < 4.78 is 5.27. The highest BCUT2D eigenvalue weighted by molar-refractivity contribution is 6.28. The lowest BCUT2D eigenvalue weighted by Crippen LogP contribution is -2.41. The first-order valence-corrected chi connectivity index (χ1v) is 10.1. The van der Waals surface area contributed by atoms with Crippen molar-refractivity contribution in [3.8, 4) is 5.75 Å². The summed E-state index contributed by atoms with van der Waals surface area (Å²) in [5.74, 6) is -0.847. The number of hydrogen-bond acceptors (Lipinski definition) is 6. The normalized spacial score (nSPS) is 14.3. The van der Waals surface area contributed by atoms with Gasteiger partial charge < -0.3 is 15.0 Å². The van der Waals surface area contributed by atoms with Gasteiger partial charge in [0.05, 0.1) is 12.2 Å². The number of ether oxygens (including phenoxy) is 1. The molecule has 32 heavy (non-hydrogen) atoms. The number of aryl methyl sites for hydroxylation is 1. The molecule has 0 radical (unpaired) electrons. The number of nitrogens with one attached hydrogen (secondary N) is 1. The number of anilines is 2. The molecule has 3 aromatic rings. The minimum absolute atomic E-state index is 0.0442. The Morgan fingerprint density at radius 1 is 0.906 bits per heavy atom. The molecular formula is C25H18N2O5. The van der Waals surface area contributed by atoms with Gasteiger partial charge in [-0.1, -0.05) is 30.3 Å². The Hall–Kier alpha value is -4.26. The smallest absolute Gasteiger partial charge is 0.331 e. The van der Waals surface area contributed by atoms with E-state index in [2.05, 4.69) is 5.32 Å². The van der Waals surface area contributed by atoms with Crippen LogP contribution in [0.4, 0.5) is 11.4 Å². The molecule has 1 amide bonds. The highest BCUT2D eigenvalue weighted by atomic mass is 16.5. The van der Waals surface area contributed by atoms with Gasteiger partial charge in [-0.05, 0) is 42.8 Å². The van der Waals surface area contributed by atoms with Crippen molar-refractivity contribution in [2.45, 2.75) is 6.92 Å². The predicted octanol–water partition coefficient (Wildman–Crippen LogP) is 3.13. The summed E-state index contributed by atoms with van der Waals surface area (Å²) in [6.45, 7) is 1.77. The Morgan fingerprint density at radius 2 is 1.59 bits per heavy atom. The van der Waals surface area contributed by atoms with Crippen molar-refractivity contribution in [3.63, 3.8) is 0 Å². The van der Waals surface area contributed by atoms with Crippen LogP contribution in [0, 0.1) is 6.92 Å². The molecule has 1 aliphatic carbocycles. The van der Waals surface area contributed by atoms with E-state index in [0.29, 0.717) is 33.8 Å². The SMILES string of the molecule is Cc1ccc2c(c1)OC(=O)CN2CC(=O)Nc1ccc2c(c1)C(=O)c1ccccc1C2=O. The van der Waals surface area contributed by atoms with E-state index in [1.807, 2.05) is 19.1 Å². The number of esters is 1. The fourth-order valence-electron chi connectivity index (χ4n) is 4.05. The molecule has 0 fully saturated rings. The molecule has 2 aliphatic rings. The third-order valence-electron chi connectivity index (χ3n) is 5.54. The third-order valence-corrected chi connectivity index (χ3v) is 5.54. The molecule has 3 aromatic carbocycles. The van der Waals surface area contributed by atoms with E-state index in [1.165, 1.54) is 6.07 Å². The average Bonchev–Trinajstić information content (AvgIpc) is 2.77. The first-order valence-electron chi connectivity index (χ1n) is 10.1. The van der Waals surface area contributed by atoms with Gasteiger partial charge in [0.2, 0.25) is 5.91 Å². The summed E-state index contributed by atoms with van der Waals surface area (Å²) in [5.41, 5.74) is 3.31. The molecule has 0 aromatic heterocycles. The maximum atomic E-state index is 12.9. The van der Waals surface area contributed by atoms with Gasteiger partial charge in [0, 0.05) is 27.9 Å². The highest BCUT2D eigenvalue weighted by Gasteiger charge is 2.30. The van der Waals surface area contributed by atoms with E-state index in [9.17, 15) is 19.2 Å². The molecular weight excluding hydrogens is 408 g/mol. The fraction of sp³-hybridized carbons (Fsp3) is 0.120. The van der Waals surface area contributed by atoms with Crippen LogP contribution in [0.15, 0.2) is 60.7 Å². The molecule has 7 heteroatoms. The van der Waals surface area contributed by atoms with E-state index in [0.717, 1.165) is 5.56 Å². The van der Waals surface area contributed by atoms with Crippen LogP contribution in [0.2, 0.25) is 0 Å². The first kappa shape index (κ1) is 19.7. The third kappa shape index (κ3) is 3.33. The van der Waals surface area contributed by atoms with Crippen molar-refractivity contribution in [2.75, 3.05) is 23.3 Å². The zero-order valence-corrected chi connectivity index (χ0v) is 17.2. The summed E-state index contributed by atoms with van der Waals surface area (Å²) in [6, 6.07) is 16.8. The van der Waals surface area contributed by atoms with Gasteiger partial charge in [-0.25, -0.2) is 4.79 Å². The zero-order valence-electron chi connectivity index (χ0n) is 17.2. The Labute approximate surface area is 183 Å². The largest absolute Gasteiger partial charge is 0.423 e. The number of ketones is 2. The number of nitrogens with zero attached hydrogens (tertiary/aromatic N) is 1. The molecule has 7 nitrogen and oxygen atoms in total.